The summed E-state index contributed by atoms with van der Waals surface area (Å²) in [6, 6.07) is 20.8. The first kappa shape index (κ1) is 15.0. The quantitative estimate of drug-likeness (QED) is 0.301. The Morgan fingerprint density at radius 3 is 2.08 bits per heavy atom. The Kier molecular flexibility index (Phi) is 3.19. The zero-order chi connectivity index (χ0) is 17.1. The summed E-state index contributed by atoms with van der Waals surface area (Å²) in [6.45, 7) is 7.02. The molecule has 2 unspecified atom stereocenters. The van der Waals surface area contributed by atoms with Crippen molar-refractivity contribution in [2.24, 2.45) is 5.92 Å². The molecule has 0 saturated heterocycles. The normalized spacial score (nSPS) is 20.3. The molecule has 1 aliphatic carbocycles. The molecule has 0 aliphatic heterocycles. The van der Waals surface area contributed by atoms with Crippen molar-refractivity contribution < 1.29 is 0 Å². The fraction of sp³-hybridized carbons (Fsp3) is 0.280. The first-order valence-corrected chi connectivity index (χ1v) is 9.51. The van der Waals surface area contributed by atoms with Crippen molar-refractivity contribution in [1.29, 1.82) is 0 Å². The van der Waals surface area contributed by atoms with Gasteiger partial charge in [-0.05, 0) is 80.6 Å². The predicted octanol–water partition coefficient (Wildman–Crippen LogP) is 7.14. The van der Waals surface area contributed by atoms with Gasteiger partial charge in [-0.1, -0.05) is 68.4 Å². The number of rotatable bonds is 0. The van der Waals surface area contributed by atoms with Crippen molar-refractivity contribution >= 4 is 32.3 Å². The minimum atomic E-state index is 0.646. The summed E-state index contributed by atoms with van der Waals surface area (Å²) in [5.41, 5.74) is 4.52. The summed E-state index contributed by atoms with van der Waals surface area (Å²) >= 11 is 0. The lowest BCUT2D eigenvalue weighted by molar-refractivity contribution is 0.429. The zero-order valence-corrected chi connectivity index (χ0v) is 15.3. The Morgan fingerprint density at radius 1 is 0.680 bits per heavy atom. The maximum atomic E-state index is 2.41. The lowest BCUT2D eigenvalue weighted by Gasteiger charge is -2.30. The smallest absolute Gasteiger partial charge is 0.00989 e. The maximum absolute atomic E-state index is 2.41. The van der Waals surface area contributed by atoms with Gasteiger partial charge in [0, 0.05) is 0 Å². The molecule has 0 amide bonds. The van der Waals surface area contributed by atoms with E-state index < -0.39 is 0 Å². The topological polar surface area (TPSA) is 0 Å². The number of benzene rings is 4. The van der Waals surface area contributed by atoms with Crippen LogP contribution in [0.4, 0.5) is 0 Å². The highest BCUT2D eigenvalue weighted by molar-refractivity contribution is 6.18. The molecule has 0 heteroatoms. The molecule has 0 saturated carbocycles. The van der Waals surface area contributed by atoms with Gasteiger partial charge in [0.15, 0.2) is 0 Å². The van der Waals surface area contributed by atoms with Gasteiger partial charge in [-0.2, -0.15) is 0 Å². The van der Waals surface area contributed by atoms with E-state index in [1.54, 1.807) is 11.1 Å². The van der Waals surface area contributed by atoms with Crippen LogP contribution in [0.5, 0.6) is 0 Å². The van der Waals surface area contributed by atoms with Gasteiger partial charge in [-0.25, -0.2) is 0 Å². The third kappa shape index (κ3) is 2.07. The molecule has 4 aromatic rings. The highest BCUT2D eigenvalue weighted by Gasteiger charge is 2.25. The van der Waals surface area contributed by atoms with Crippen LogP contribution in [-0.2, 0) is 6.42 Å². The summed E-state index contributed by atoms with van der Waals surface area (Å²) < 4.78 is 0. The van der Waals surface area contributed by atoms with E-state index in [4.69, 9.17) is 0 Å². The summed E-state index contributed by atoms with van der Waals surface area (Å²) in [4.78, 5) is 0. The third-order valence-corrected chi connectivity index (χ3v) is 6.58. The maximum Gasteiger partial charge on any atom is -0.00989 e. The van der Waals surface area contributed by atoms with Crippen molar-refractivity contribution in [1.82, 2.24) is 0 Å². The molecule has 0 aromatic heterocycles. The molecule has 0 N–H and O–H groups in total. The molecule has 1 aliphatic rings. The van der Waals surface area contributed by atoms with Crippen molar-refractivity contribution in [3.63, 3.8) is 0 Å². The summed E-state index contributed by atoms with van der Waals surface area (Å²) in [7, 11) is 0. The largest absolute Gasteiger partial charge is 0.0619 e. The van der Waals surface area contributed by atoms with Crippen LogP contribution in [0.1, 0.15) is 42.9 Å². The van der Waals surface area contributed by atoms with Crippen LogP contribution in [-0.4, -0.2) is 0 Å². The highest BCUT2D eigenvalue weighted by Crippen LogP contribution is 2.42. The molecule has 2 atom stereocenters. The molecule has 0 bridgehead atoms. The molecular weight excluding hydrogens is 300 g/mol. The van der Waals surface area contributed by atoms with E-state index in [2.05, 4.69) is 75.4 Å². The average molecular weight is 324 g/mol. The van der Waals surface area contributed by atoms with Crippen LogP contribution in [0.25, 0.3) is 32.3 Å². The SMILES string of the molecule is Cc1cccc2c1ccc1c3ccc4c(c3ccc21)C(C)C(C)CC4. The predicted molar refractivity (Wildman–Crippen MR) is 110 cm³/mol. The monoisotopic (exact) mass is 324 g/mol. The fourth-order valence-electron chi connectivity index (χ4n) is 4.89. The van der Waals surface area contributed by atoms with E-state index in [1.165, 1.54) is 50.7 Å². The average Bonchev–Trinajstić information content (AvgIpc) is 2.64. The van der Waals surface area contributed by atoms with Crippen molar-refractivity contribution in [2.75, 3.05) is 0 Å². The first-order valence-electron chi connectivity index (χ1n) is 9.51. The van der Waals surface area contributed by atoms with E-state index in [0.29, 0.717) is 5.92 Å². The van der Waals surface area contributed by atoms with Crippen LogP contribution in [0, 0.1) is 12.8 Å². The number of hydrogen-bond donors (Lipinski definition) is 0. The van der Waals surface area contributed by atoms with Crippen molar-refractivity contribution in [3.8, 4) is 0 Å². The number of aryl methyl sites for hydroxylation is 2. The van der Waals surface area contributed by atoms with Crippen LogP contribution in [0.3, 0.4) is 0 Å². The molecule has 0 radical (unpaired) electrons. The lowest BCUT2D eigenvalue weighted by Crippen LogP contribution is -2.16. The standard InChI is InChI=1S/C25H24/c1-15-7-8-18-9-10-23-22-12-11-19-16(2)5-4-6-20(19)21(22)13-14-24(23)25(18)17(15)3/h4-6,9-15,17H,7-8H2,1-3H3. The fourth-order valence-corrected chi connectivity index (χ4v) is 4.89. The van der Waals surface area contributed by atoms with Crippen LogP contribution < -0.4 is 0 Å². The molecule has 124 valence electrons. The molecule has 0 nitrogen and oxygen atoms in total. The first-order chi connectivity index (χ1) is 12.1. The minimum Gasteiger partial charge on any atom is -0.0619 e. The Labute approximate surface area is 149 Å². The van der Waals surface area contributed by atoms with Gasteiger partial charge in [0.25, 0.3) is 0 Å². The van der Waals surface area contributed by atoms with E-state index in [-0.39, 0.29) is 0 Å². The van der Waals surface area contributed by atoms with Crippen molar-refractivity contribution in [2.45, 2.75) is 39.5 Å². The van der Waals surface area contributed by atoms with Gasteiger partial charge in [0.1, 0.15) is 0 Å². The van der Waals surface area contributed by atoms with E-state index in [9.17, 15) is 0 Å². The molecule has 0 spiro atoms. The molecule has 0 fully saturated rings. The van der Waals surface area contributed by atoms with Crippen molar-refractivity contribution in [3.05, 3.63) is 71.3 Å². The summed E-state index contributed by atoms with van der Waals surface area (Å²) in [6.07, 6.45) is 2.54. The second kappa shape index (κ2) is 5.33. The van der Waals surface area contributed by atoms with Gasteiger partial charge < -0.3 is 0 Å². The Bertz CT molecular complexity index is 1130. The summed E-state index contributed by atoms with van der Waals surface area (Å²) in [5, 5.41) is 8.40. The minimum absolute atomic E-state index is 0.646. The Balaban J connectivity index is 1.91. The Hall–Kier alpha value is -2.34. The zero-order valence-electron chi connectivity index (χ0n) is 15.3. The van der Waals surface area contributed by atoms with Gasteiger partial charge in [-0.15, -0.1) is 0 Å². The van der Waals surface area contributed by atoms with Gasteiger partial charge in [0.05, 0.1) is 0 Å². The third-order valence-electron chi connectivity index (χ3n) is 6.58. The van der Waals surface area contributed by atoms with E-state index in [0.717, 1.165) is 5.92 Å². The van der Waals surface area contributed by atoms with E-state index >= 15 is 0 Å². The molecule has 25 heavy (non-hydrogen) atoms. The Morgan fingerprint density at radius 2 is 1.28 bits per heavy atom. The van der Waals surface area contributed by atoms with Gasteiger partial charge in [0.2, 0.25) is 0 Å². The van der Waals surface area contributed by atoms with Gasteiger partial charge in [-0.3, -0.25) is 0 Å². The van der Waals surface area contributed by atoms with Crippen LogP contribution >= 0.6 is 0 Å². The highest BCUT2D eigenvalue weighted by atomic mass is 14.3. The number of fused-ring (bicyclic) bond motifs is 7. The molecule has 0 heterocycles. The van der Waals surface area contributed by atoms with E-state index in [1.807, 2.05) is 0 Å². The lowest BCUT2D eigenvalue weighted by atomic mass is 9.75. The van der Waals surface area contributed by atoms with Gasteiger partial charge >= 0.3 is 0 Å². The number of hydrogen-bond acceptors (Lipinski definition) is 0. The molecule has 5 rings (SSSR count). The summed E-state index contributed by atoms with van der Waals surface area (Å²) in [5.74, 6) is 1.42. The molecule has 4 aromatic carbocycles. The van der Waals surface area contributed by atoms with Crippen LogP contribution in [0.15, 0.2) is 54.6 Å². The second-order valence-corrected chi connectivity index (χ2v) is 7.93. The van der Waals surface area contributed by atoms with Crippen LogP contribution in [0.2, 0.25) is 0 Å². The second-order valence-electron chi connectivity index (χ2n) is 7.93. The molecular formula is C25H24.